The minimum absolute atomic E-state index is 0.00394. The van der Waals surface area contributed by atoms with E-state index in [4.69, 9.17) is 14.4 Å². The van der Waals surface area contributed by atoms with E-state index in [1.165, 1.54) is 18.3 Å². The highest BCUT2D eigenvalue weighted by Crippen LogP contribution is 2.38. The Morgan fingerprint density at radius 1 is 1.28 bits per heavy atom. The maximum absolute atomic E-state index is 11.3. The second-order valence-electron chi connectivity index (χ2n) is 7.13. The first-order valence-corrected chi connectivity index (χ1v) is 8.98. The standard InChI is InChI=1S/C17H24BNO5S/c1-11(20)19-9-13(18-23-16(2,3)17(4,5)24-18)6-12-7-14(25-10-12)8-15(21)22/h6-7,10H,8-9H2,1-5H3,(H,19,20)(H,21,22). The van der Waals surface area contributed by atoms with Crippen molar-refractivity contribution in [2.75, 3.05) is 6.54 Å². The van der Waals surface area contributed by atoms with Crippen molar-refractivity contribution in [2.45, 2.75) is 52.2 Å². The van der Waals surface area contributed by atoms with Gasteiger partial charge in [0.05, 0.1) is 17.6 Å². The number of aliphatic carboxylic acids is 1. The zero-order chi connectivity index (χ0) is 18.8. The molecule has 0 aromatic carbocycles. The van der Waals surface area contributed by atoms with Crippen LogP contribution in [-0.4, -0.2) is 41.8 Å². The van der Waals surface area contributed by atoms with Crippen molar-refractivity contribution in [3.05, 3.63) is 27.4 Å². The van der Waals surface area contributed by atoms with Crippen LogP contribution in [0.25, 0.3) is 6.08 Å². The Balaban J connectivity index is 2.25. The van der Waals surface area contributed by atoms with Gasteiger partial charge in [0.2, 0.25) is 5.91 Å². The molecule has 0 saturated carbocycles. The molecule has 25 heavy (non-hydrogen) atoms. The normalized spacial score (nSPS) is 19.1. The average Bonchev–Trinajstić information content (AvgIpc) is 2.96. The van der Waals surface area contributed by atoms with Crippen molar-refractivity contribution in [2.24, 2.45) is 0 Å². The smallest absolute Gasteiger partial charge is 0.481 e. The number of carboxylic acids is 1. The lowest BCUT2D eigenvalue weighted by atomic mass is 9.77. The van der Waals surface area contributed by atoms with Crippen LogP contribution in [0, 0.1) is 0 Å². The molecule has 0 atom stereocenters. The van der Waals surface area contributed by atoms with Crippen LogP contribution in [0.4, 0.5) is 0 Å². The van der Waals surface area contributed by atoms with Gasteiger partial charge in [-0.05, 0) is 50.2 Å². The monoisotopic (exact) mass is 365 g/mol. The molecule has 2 N–H and O–H groups in total. The topological polar surface area (TPSA) is 84.9 Å². The Morgan fingerprint density at radius 3 is 2.40 bits per heavy atom. The Hall–Kier alpha value is -1.64. The number of thiophene rings is 1. The number of hydrogen-bond acceptors (Lipinski definition) is 5. The molecule has 2 heterocycles. The zero-order valence-corrected chi connectivity index (χ0v) is 16.0. The molecule has 2 rings (SSSR count). The molecule has 1 saturated heterocycles. The SMILES string of the molecule is CC(=O)NCC(=Cc1csc(CC(=O)O)c1)B1OC(C)(C)C(C)(C)O1. The van der Waals surface area contributed by atoms with Gasteiger partial charge < -0.3 is 19.7 Å². The molecular weight excluding hydrogens is 341 g/mol. The summed E-state index contributed by atoms with van der Waals surface area (Å²) in [6.45, 7) is 9.64. The summed E-state index contributed by atoms with van der Waals surface area (Å²) in [6.07, 6.45) is 1.88. The third kappa shape index (κ3) is 4.93. The lowest BCUT2D eigenvalue weighted by molar-refractivity contribution is -0.136. The van der Waals surface area contributed by atoms with Crippen LogP contribution in [0.5, 0.6) is 0 Å². The summed E-state index contributed by atoms with van der Waals surface area (Å²) in [5.41, 5.74) is 0.705. The number of amides is 1. The number of carbonyl (C=O) groups is 2. The van der Waals surface area contributed by atoms with Gasteiger partial charge in [0.15, 0.2) is 0 Å². The molecule has 1 aliphatic rings. The Bertz CT molecular complexity index is 679. The van der Waals surface area contributed by atoms with E-state index < -0.39 is 24.3 Å². The zero-order valence-electron chi connectivity index (χ0n) is 15.2. The summed E-state index contributed by atoms with van der Waals surface area (Å²) in [4.78, 5) is 22.9. The number of hydrogen-bond donors (Lipinski definition) is 2. The van der Waals surface area contributed by atoms with Crippen LogP contribution in [0.2, 0.25) is 0 Å². The average molecular weight is 365 g/mol. The van der Waals surface area contributed by atoms with E-state index in [1.54, 1.807) is 0 Å². The van der Waals surface area contributed by atoms with Crippen LogP contribution in [0.3, 0.4) is 0 Å². The maximum atomic E-state index is 11.3. The van der Waals surface area contributed by atoms with E-state index >= 15 is 0 Å². The van der Waals surface area contributed by atoms with Gasteiger partial charge in [-0.1, -0.05) is 6.08 Å². The quantitative estimate of drug-likeness (QED) is 0.757. The van der Waals surface area contributed by atoms with Crippen molar-refractivity contribution in [1.82, 2.24) is 5.32 Å². The fraction of sp³-hybridized carbons (Fsp3) is 0.529. The molecular formula is C17H24BNO5S. The van der Waals surface area contributed by atoms with Crippen molar-refractivity contribution in [3.8, 4) is 0 Å². The summed E-state index contributed by atoms with van der Waals surface area (Å²) >= 11 is 1.39. The first kappa shape index (κ1) is 19.7. The fourth-order valence-corrected chi connectivity index (χ4v) is 3.19. The van der Waals surface area contributed by atoms with E-state index in [1.807, 2.05) is 45.2 Å². The molecule has 0 spiro atoms. The second kappa shape index (κ2) is 7.31. The Kier molecular flexibility index (Phi) is 5.76. The lowest BCUT2D eigenvalue weighted by Crippen LogP contribution is -2.41. The third-order valence-electron chi connectivity index (χ3n) is 4.45. The molecule has 0 aliphatic carbocycles. The first-order valence-electron chi connectivity index (χ1n) is 8.10. The second-order valence-corrected chi connectivity index (χ2v) is 8.13. The van der Waals surface area contributed by atoms with E-state index in [9.17, 15) is 9.59 Å². The van der Waals surface area contributed by atoms with Gasteiger partial charge in [0, 0.05) is 18.3 Å². The predicted octanol–water partition coefficient (Wildman–Crippen LogP) is 2.53. The van der Waals surface area contributed by atoms with Crippen molar-refractivity contribution < 1.29 is 24.0 Å². The van der Waals surface area contributed by atoms with Gasteiger partial charge in [-0.2, -0.15) is 0 Å². The fourth-order valence-electron chi connectivity index (χ4n) is 2.35. The van der Waals surface area contributed by atoms with Crippen LogP contribution in [0.1, 0.15) is 45.1 Å². The Labute approximate surface area is 152 Å². The highest BCUT2D eigenvalue weighted by atomic mass is 32.1. The minimum atomic E-state index is -0.859. The van der Waals surface area contributed by atoms with Gasteiger partial charge in [-0.3, -0.25) is 9.59 Å². The molecule has 8 heteroatoms. The molecule has 1 amide bonds. The molecule has 0 radical (unpaired) electrons. The molecule has 1 fully saturated rings. The predicted molar refractivity (Wildman–Crippen MR) is 98.4 cm³/mol. The van der Waals surface area contributed by atoms with Crippen LogP contribution < -0.4 is 5.32 Å². The van der Waals surface area contributed by atoms with E-state index in [2.05, 4.69) is 5.32 Å². The highest BCUT2D eigenvalue weighted by Gasteiger charge is 2.52. The maximum Gasteiger partial charge on any atom is 0.492 e. The molecule has 136 valence electrons. The van der Waals surface area contributed by atoms with Gasteiger partial charge in [-0.15, -0.1) is 11.3 Å². The largest absolute Gasteiger partial charge is 0.492 e. The number of rotatable bonds is 6. The van der Waals surface area contributed by atoms with E-state index in [0.717, 1.165) is 15.9 Å². The summed E-state index contributed by atoms with van der Waals surface area (Å²) in [7, 11) is -0.570. The number of carboxylic acid groups (broad SMARTS) is 1. The highest BCUT2D eigenvalue weighted by molar-refractivity contribution is 7.10. The molecule has 6 nitrogen and oxygen atoms in total. The summed E-state index contributed by atoms with van der Waals surface area (Å²) in [5.74, 6) is -0.999. The van der Waals surface area contributed by atoms with Gasteiger partial charge in [-0.25, -0.2) is 0 Å². The molecule has 0 unspecified atom stereocenters. The van der Waals surface area contributed by atoms with Crippen molar-refractivity contribution in [1.29, 1.82) is 0 Å². The van der Waals surface area contributed by atoms with Gasteiger partial charge >= 0.3 is 13.1 Å². The summed E-state index contributed by atoms with van der Waals surface area (Å²) in [6, 6.07) is 1.83. The molecule has 0 bridgehead atoms. The van der Waals surface area contributed by atoms with E-state index in [0.29, 0.717) is 6.54 Å². The number of nitrogens with one attached hydrogen (secondary N) is 1. The van der Waals surface area contributed by atoms with Crippen LogP contribution >= 0.6 is 11.3 Å². The lowest BCUT2D eigenvalue weighted by Gasteiger charge is -2.32. The Morgan fingerprint density at radius 2 is 1.88 bits per heavy atom. The first-order chi connectivity index (χ1) is 11.5. The summed E-state index contributed by atoms with van der Waals surface area (Å²) in [5, 5.41) is 13.6. The molecule has 1 aromatic heterocycles. The molecule has 1 aromatic rings. The number of carbonyl (C=O) groups excluding carboxylic acids is 1. The minimum Gasteiger partial charge on any atom is -0.481 e. The van der Waals surface area contributed by atoms with E-state index in [-0.39, 0.29) is 12.3 Å². The molecule has 1 aliphatic heterocycles. The van der Waals surface area contributed by atoms with Crippen LogP contribution in [0.15, 0.2) is 16.9 Å². The van der Waals surface area contributed by atoms with Crippen LogP contribution in [-0.2, 0) is 25.3 Å². The van der Waals surface area contributed by atoms with Gasteiger partial charge in [0.25, 0.3) is 0 Å². The third-order valence-corrected chi connectivity index (χ3v) is 5.40. The van der Waals surface area contributed by atoms with Crippen molar-refractivity contribution in [3.63, 3.8) is 0 Å². The van der Waals surface area contributed by atoms with Crippen molar-refractivity contribution >= 4 is 36.4 Å². The van der Waals surface area contributed by atoms with Gasteiger partial charge in [0.1, 0.15) is 0 Å². The summed E-state index contributed by atoms with van der Waals surface area (Å²) < 4.78 is 12.1.